The Morgan fingerprint density at radius 1 is 1.15 bits per heavy atom. The molecule has 1 atom stereocenters. The Hall–Kier alpha value is -0.840. The number of fused-ring (bicyclic) bond motifs is 1. The van der Waals surface area contributed by atoms with Crippen molar-refractivity contribution in [2.75, 3.05) is 0 Å². The molecule has 0 radical (unpaired) electrons. The van der Waals surface area contributed by atoms with E-state index in [1.807, 2.05) is 37.3 Å². The predicted molar refractivity (Wildman–Crippen MR) is 90.7 cm³/mol. The fraction of sp³-hybridized carbons (Fsp3) is 0.133. The minimum absolute atomic E-state index is 0.173. The van der Waals surface area contributed by atoms with Crippen molar-refractivity contribution < 1.29 is 0 Å². The van der Waals surface area contributed by atoms with Crippen LogP contribution in [0.3, 0.4) is 0 Å². The van der Waals surface area contributed by atoms with E-state index < -0.39 is 0 Å². The average Bonchev–Trinajstić information content (AvgIpc) is 2.81. The number of halogens is 3. The number of rotatable bonds is 2. The standard InChI is InChI=1S/C15H11Br2ClN2/c1-9(18)15-19-12-4-2-3-5-13(12)20(15)14-8-10(16)6-7-11(14)17/h2-9H,1H3. The van der Waals surface area contributed by atoms with E-state index >= 15 is 0 Å². The Bertz CT molecular complexity index is 781. The quantitative estimate of drug-likeness (QED) is 0.481. The Morgan fingerprint density at radius 2 is 1.90 bits per heavy atom. The Labute approximate surface area is 139 Å². The number of nitrogens with zero attached hydrogens (tertiary/aromatic N) is 2. The molecule has 0 aliphatic carbocycles. The lowest BCUT2D eigenvalue weighted by Gasteiger charge is -2.13. The van der Waals surface area contributed by atoms with Crippen molar-refractivity contribution in [1.29, 1.82) is 0 Å². The zero-order valence-electron chi connectivity index (χ0n) is 10.6. The largest absolute Gasteiger partial charge is 0.294 e. The van der Waals surface area contributed by atoms with Crippen LogP contribution in [0.2, 0.25) is 0 Å². The van der Waals surface area contributed by atoms with Crippen molar-refractivity contribution in [2.24, 2.45) is 0 Å². The molecular formula is C15H11Br2ClN2. The van der Waals surface area contributed by atoms with Gasteiger partial charge < -0.3 is 0 Å². The molecule has 2 nitrogen and oxygen atoms in total. The maximum Gasteiger partial charge on any atom is 0.132 e. The molecule has 20 heavy (non-hydrogen) atoms. The van der Waals surface area contributed by atoms with Crippen molar-refractivity contribution in [2.45, 2.75) is 12.3 Å². The van der Waals surface area contributed by atoms with Crippen LogP contribution in [-0.4, -0.2) is 9.55 Å². The van der Waals surface area contributed by atoms with Crippen molar-refractivity contribution in [3.05, 3.63) is 57.2 Å². The maximum atomic E-state index is 6.31. The fourth-order valence-corrected chi connectivity index (χ4v) is 3.14. The average molecular weight is 415 g/mol. The first kappa shape index (κ1) is 14.1. The lowest BCUT2D eigenvalue weighted by atomic mass is 10.2. The summed E-state index contributed by atoms with van der Waals surface area (Å²) in [6.45, 7) is 1.94. The molecule has 3 aromatic rings. The first-order valence-corrected chi connectivity index (χ1v) is 8.17. The van der Waals surface area contributed by atoms with Gasteiger partial charge in [-0.25, -0.2) is 4.98 Å². The maximum absolute atomic E-state index is 6.31. The van der Waals surface area contributed by atoms with Crippen LogP contribution in [0.25, 0.3) is 16.7 Å². The van der Waals surface area contributed by atoms with Crippen LogP contribution in [0, 0.1) is 0 Å². The summed E-state index contributed by atoms with van der Waals surface area (Å²) in [4.78, 5) is 4.65. The van der Waals surface area contributed by atoms with Crippen LogP contribution in [0.4, 0.5) is 0 Å². The minimum Gasteiger partial charge on any atom is -0.294 e. The lowest BCUT2D eigenvalue weighted by Crippen LogP contribution is -2.02. The van der Waals surface area contributed by atoms with E-state index in [-0.39, 0.29) is 5.38 Å². The molecule has 5 heteroatoms. The fourth-order valence-electron chi connectivity index (χ4n) is 2.22. The molecule has 0 N–H and O–H groups in total. The normalized spacial score (nSPS) is 12.8. The van der Waals surface area contributed by atoms with Crippen LogP contribution < -0.4 is 0 Å². The van der Waals surface area contributed by atoms with Gasteiger partial charge in [-0.3, -0.25) is 4.57 Å². The molecule has 0 saturated heterocycles. The molecule has 0 amide bonds. The van der Waals surface area contributed by atoms with Crippen LogP contribution in [0.1, 0.15) is 18.1 Å². The van der Waals surface area contributed by atoms with E-state index in [1.54, 1.807) is 0 Å². The van der Waals surface area contributed by atoms with Gasteiger partial charge in [-0.1, -0.05) is 28.1 Å². The summed E-state index contributed by atoms with van der Waals surface area (Å²) in [6.07, 6.45) is 0. The minimum atomic E-state index is -0.173. The van der Waals surface area contributed by atoms with E-state index in [4.69, 9.17) is 11.6 Å². The molecule has 1 unspecified atom stereocenters. The van der Waals surface area contributed by atoms with Gasteiger partial charge in [0.05, 0.1) is 22.1 Å². The highest BCUT2D eigenvalue weighted by atomic mass is 79.9. The van der Waals surface area contributed by atoms with Crippen molar-refractivity contribution >= 4 is 54.5 Å². The molecule has 1 aromatic heterocycles. The summed E-state index contributed by atoms with van der Waals surface area (Å²) in [6, 6.07) is 14.1. The van der Waals surface area contributed by atoms with Gasteiger partial charge in [0.1, 0.15) is 5.82 Å². The molecule has 3 rings (SSSR count). The van der Waals surface area contributed by atoms with Gasteiger partial charge in [-0.05, 0) is 53.2 Å². The second kappa shape index (κ2) is 5.51. The van der Waals surface area contributed by atoms with Crippen molar-refractivity contribution in [3.63, 3.8) is 0 Å². The molecule has 2 aromatic carbocycles. The molecule has 1 heterocycles. The van der Waals surface area contributed by atoms with Gasteiger partial charge in [-0.15, -0.1) is 11.6 Å². The molecule has 0 saturated carbocycles. The summed E-state index contributed by atoms with van der Waals surface area (Å²) < 4.78 is 4.12. The number of hydrogen-bond acceptors (Lipinski definition) is 1. The van der Waals surface area contributed by atoms with Crippen molar-refractivity contribution in [3.8, 4) is 5.69 Å². The molecule has 0 fully saturated rings. The molecular weight excluding hydrogens is 403 g/mol. The van der Waals surface area contributed by atoms with E-state index in [1.165, 1.54) is 0 Å². The second-order valence-electron chi connectivity index (χ2n) is 4.51. The summed E-state index contributed by atoms with van der Waals surface area (Å²) in [5.41, 5.74) is 3.02. The lowest BCUT2D eigenvalue weighted by molar-refractivity contribution is 0.880. The topological polar surface area (TPSA) is 17.8 Å². The van der Waals surface area contributed by atoms with Gasteiger partial charge in [0.2, 0.25) is 0 Å². The zero-order chi connectivity index (χ0) is 14.3. The highest BCUT2D eigenvalue weighted by Crippen LogP contribution is 2.32. The third kappa shape index (κ3) is 2.41. The number of hydrogen-bond donors (Lipinski definition) is 0. The number of alkyl halides is 1. The Kier molecular flexibility index (Phi) is 3.89. The molecule has 0 bridgehead atoms. The van der Waals surface area contributed by atoms with E-state index in [9.17, 15) is 0 Å². The molecule has 0 spiro atoms. The highest BCUT2D eigenvalue weighted by molar-refractivity contribution is 9.11. The van der Waals surface area contributed by atoms with Crippen LogP contribution >= 0.6 is 43.5 Å². The van der Waals surface area contributed by atoms with E-state index in [2.05, 4.69) is 53.5 Å². The summed E-state index contributed by atoms with van der Waals surface area (Å²) in [7, 11) is 0. The Morgan fingerprint density at radius 3 is 2.65 bits per heavy atom. The number of para-hydroxylation sites is 2. The van der Waals surface area contributed by atoms with Gasteiger partial charge in [-0.2, -0.15) is 0 Å². The predicted octanol–water partition coefficient (Wildman–Crippen LogP) is 5.85. The molecule has 0 aliphatic rings. The van der Waals surface area contributed by atoms with Gasteiger partial charge in [0.15, 0.2) is 0 Å². The number of aromatic nitrogens is 2. The van der Waals surface area contributed by atoms with Crippen LogP contribution in [-0.2, 0) is 0 Å². The molecule has 102 valence electrons. The smallest absolute Gasteiger partial charge is 0.132 e. The van der Waals surface area contributed by atoms with Crippen LogP contribution in [0.5, 0.6) is 0 Å². The van der Waals surface area contributed by atoms with E-state index in [0.29, 0.717) is 0 Å². The number of imidazole rings is 1. The number of benzene rings is 2. The van der Waals surface area contributed by atoms with Gasteiger partial charge >= 0.3 is 0 Å². The highest BCUT2D eigenvalue weighted by Gasteiger charge is 2.17. The molecule has 0 aliphatic heterocycles. The van der Waals surface area contributed by atoms with Crippen LogP contribution in [0.15, 0.2) is 51.4 Å². The van der Waals surface area contributed by atoms with Gasteiger partial charge in [0.25, 0.3) is 0 Å². The zero-order valence-corrected chi connectivity index (χ0v) is 14.6. The third-order valence-corrected chi connectivity index (χ3v) is 4.45. The monoisotopic (exact) mass is 412 g/mol. The van der Waals surface area contributed by atoms with Crippen molar-refractivity contribution in [1.82, 2.24) is 9.55 Å². The van der Waals surface area contributed by atoms with Gasteiger partial charge in [0, 0.05) is 8.95 Å². The summed E-state index contributed by atoms with van der Waals surface area (Å²) >= 11 is 13.4. The first-order valence-electron chi connectivity index (χ1n) is 6.15. The van der Waals surface area contributed by atoms with E-state index in [0.717, 1.165) is 31.5 Å². The summed E-state index contributed by atoms with van der Waals surface area (Å²) in [5.74, 6) is 0.840. The second-order valence-corrected chi connectivity index (χ2v) is 6.93. The SMILES string of the molecule is CC(Cl)c1nc2ccccc2n1-c1cc(Br)ccc1Br. The summed E-state index contributed by atoms with van der Waals surface area (Å²) in [5, 5.41) is -0.173. The first-order chi connectivity index (χ1) is 9.58. The Balaban J connectivity index is 2.39. The third-order valence-electron chi connectivity index (χ3n) is 3.09.